The summed E-state index contributed by atoms with van der Waals surface area (Å²) in [6.45, 7) is 4.38. The minimum absolute atomic E-state index is 0.369. The first-order chi connectivity index (χ1) is 8.87. The van der Waals surface area contributed by atoms with Crippen LogP contribution in [0.4, 0.5) is 5.82 Å². The SMILES string of the molecule is CC(C)(N)CNc1nc2c(cc1C(N)=O)CCCC2. The van der Waals surface area contributed by atoms with Crippen LogP contribution in [-0.2, 0) is 12.8 Å². The van der Waals surface area contributed by atoms with E-state index >= 15 is 0 Å². The first-order valence-electron chi connectivity index (χ1n) is 6.72. The van der Waals surface area contributed by atoms with Crippen LogP contribution < -0.4 is 16.8 Å². The number of nitrogens with zero attached hydrogens (tertiary/aromatic N) is 1. The van der Waals surface area contributed by atoms with E-state index < -0.39 is 5.91 Å². The van der Waals surface area contributed by atoms with Gasteiger partial charge < -0.3 is 16.8 Å². The fourth-order valence-electron chi connectivity index (χ4n) is 2.27. The van der Waals surface area contributed by atoms with Crippen molar-refractivity contribution < 1.29 is 4.79 Å². The van der Waals surface area contributed by atoms with Crippen molar-refractivity contribution in [2.45, 2.75) is 45.1 Å². The Balaban J connectivity index is 2.32. The smallest absolute Gasteiger partial charge is 0.252 e. The van der Waals surface area contributed by atoms with Crippen molar-refractivity contribution >= 4 is 11.7 Å². The minimum Gasteiger partial charge on any atom is -0.368 e. The molecular formula is C14H22N4O. The predicted octanol–water partition coefficient (Wildman–Crippen LogP) is 1.21. The molecule has 5 heteroatoms. The predicted molar refractivity (Wildman–Crippen MR) is 76.2 cm³/mol. The summed E-state index contributed by atoms with van der Waals surface area (Å²) in [6, 6.07) is 1.88. The van der Waals surface area contributed by atoms with Crippen molar-refractivity contribution in [3.8, 4) is 0 Å². The molecule has 1 aromatic rings. The lowest BCUT2D eigenvalue weighted by molar-refractivity contribution is 0.100. The Hall–Kier alpha value is -1.62. The van der Waals surface area contributed by atoms with Crippen molar-refractivity contribution in [2.75, 3.05) is 11.9 Å². The standard InChI is InChI=1S/C14H22N4O/c1-14(2,16)8-17-13-10(12(15)19)7-9-5-3-4-6-11(9)18-13/h7H,3-6,8,16H2,1-2H3,(H2,15,19)(H,17,18). The van der Waals surface area contributed by atoms with E-state index in [1.54, 1.807) is 0 Å². The number of pyridine rings is 1. The van der Waals surface area contributed by atoms with Crippen LogP contribution in [0.2, 0.25) is 0 Å². The number of hydrogen-bond acceptors (Lipinski definition) is 4. The fourth-order valence-corrected chi connectivity index (χ4v) is 2.27. The van der Waals surface area contributed by atoms with Gasteiger partial charge >= 0.3 is 0 Å². The molecule has 0 saturated carbocycles. The zero-order chi connectivity index (χ0) is 14.0. The number of nitrogens with two attached hydrogens (primary N) is 2. The molecule has 19 heavy (non-hydrogen) atoms. The minimum atomic E-state index is -0.446. The van der Waals surface area contributed by atoms with Crippen LogP contribution in [0, 0.1) is 0 Å². The lowest BCUT2D eigenvalue weighted by Crippen LogP contribution is -2.40. The second-order valence-corrected chi connectivity index (χ2v) is 5.90. The molecule has 1 aliphatic carbocycles. The molecule has 2 rings (SSSR count). The Kier molecular flexibility index (Phi) is 3.75. The molecule has 5 N–H and O–H groups in total. The van der Waals surface area contributed by atoms with Crippen LogP contribution in [0.1, 0.15) is 48.3 Å². The van der Waals surface area contributed by atoms with Gasteiger partial charge in [0.15, 0.2) is 0 Å². The van der Waals surface area contributed by atoms with Gasteiger partial charge in [-0.3, -0.25) is 4.79 Å². The number of rotatable bonds is 4. The van der Waals surface area contributed by atoms with Crippen molar-refractivity contribution in [1.29, 1.82) is 0 Å². The quantitative estimate of drug-likeness (QED) is 0.760. The molecule has 1 aliphatic rings. The lowest BCUT2D eigenvalue weighted by Gasteiger charge is -2.22. The molecule has 0 fully saturated rings. The number of fused-ring (bicyclic) bond motifs is 1. The Morgan fingerprint density at radius 2 is 2.11 bits per heavy atom. The van der Waals surface area contributed by atoms with Gasteiger partial charge in [0.2, 0.25) is 0 Å². The summed E-state index contributed by atoms with van der Waals surface area (Å²) in [5, 5.41) is 3.15. The van der Waals surface area contributed by atoms with Crippen LogP contribution in [0.15, 0.2) is 6.07 Å². The van der Waals surface area contributed by atoms with Crippen molar-refractivity contribution in [3.63, 3.8) is 0 Å². The third-order valence-electron chi connectivity index (χ3n) is 3.28. The van der Waals surface area contributed by atoms with Gasteiger partial charge in [-0.1, -0.05) is 0 Å². The summed E-state index contributed by atoms with van der Waals surface area (Å²) < 4.78 is 0. The Morgan fingerprint density at radius 3 is 2.74 bits per heavy atom. The van der Waals surface area contributed by atoms with E-state index in [-0.39, 0.29) is 5.54 Å². The van der Waals surface area contributed by atoms with Crippen molar-refractivity contribution in [3.05, 3.63) is 22.9 Å². The zero-order valence-electron chi connectivity index (χ0n) is 11.6. The number of carbonyl (C=O) groups is 1. The molecule has 1 heterocycles. The lowest BCUT2D eigenvalue weighted by atomic mass is 9.94. The number of aryl methyl sites for hydroxylation is 2. The van der Waals surface area contributed by atoms with E-state index in [1.165, 1.54) is 0 Å². The van der Waals surface area contributed by atoms with Gasteiger partial charge in [0.25, 0.3) is 5.91 Å². The van der Waals surface area contributed by atoms with Crippen LogP contribution in [0.5, 0.6) is 0 Å². The summed E-state index contributed by atoms with van der Waals surface area (Å²) in [5.41, 5.74) is 13.7. The molecule has 0 spiro atoms. The zero-order valence-corrected chi connectivity index (χ0v) is 11.6. The Morgan fingerprint density at radius 1 is 1.42 bits per heavy atom. The van der Waals surface area contributed by atoms with Gasteiger partial charge in [-0.05, 0) is 51.2 Å². The molecule has 0 radical (unpaired) electrons. The molecule has 0 aromatic carbocycles. The summed E-state index contributed by atoms with van der Waals surface area (Å²) in [4.78, 5) is 16.1. The second-order valence-electron chi connectivity index (χ2n) is 5.90. The fraction of sp³-hybridized carbons (Fsp3) is 0.571. The van der Waals surface area contributed by atoms with Gasteiger partial charge in [0.05, 0.1) is 5.56 Å². The average molecular weight is 262 g/mol. The van der Waals surface area contributed by atoms with E-state index in [4.69, 9.17) is 11.5 Å². The van der Waals surface area contributed by atoms with Crippen LogP contribution in [0.25, 0.3) is 0 Å². The molecule has 5 nitrogen and oxygen atoms in total. The third kappa shape index (κ3) is 3.44. The molecule has 1 aromatic heterocycles. The van der Waals surface area contributed by atoms with E-state index in [9.17, 15) is 4.79 Å². The average Bonchev–Trinajstić information content (AvgIpc) is 2.34. The van der Waals surface area contributed by atoms with Gasteiger partial charge in [-0.15, -0.1) is 0 Å². The van der Waals surface area contributed by atoms with Gasteiger partial charge in [0, 0.05) is 17.8 Å². The number of hydrogen-bond donors (Lipinski definition) is 3. The van der Waals surface area contributed by atoms with Crippen molar-refractivity contribution in [2.24, 2.45) is 11.5 Å². The Labute approximate surface area is 113 Å². The number of anilines is 1. The van der Waals surface area contributed by atoms with E-state index in [0.717, 1.165) is 36.9 Å². The summed E-state index contributed by atoms with van der Waals surface area (Å²) >= 11 is 0. The molecule has 0 bridgehead atoms. The molecular weight excluding hydrogens is 240 g/mol. The maximum absolute atomic E-state index is 11.5. The molecule has 104 valence electrons. The van der Waals surface area contributed by atoms with E-state index in [2.05, 4.69) is 10.3 Å². The van der Waals surface area contributed by atoms with Gasteiger partial charge in [-0.2, -0.15) is 0 Å². The van der Waals surface area contributed by atoms with Gasteiger partial charge in [-0.25, -0.2) is 4.98 Å². The number of carbonyl (C=O) groups excluding carboxylic acids is 1. The molecule has 1 amide bonds. The van der Waals surface area contributed by atoms with E-state index in [1.807, 2.05) is 19.9 Å². The second kappa shape index (κ2) is 5.17. The largest absolute Gasteiger partial charge is 0.368 e. The highest BCUT2D eigenvalue weighted by Gasteiger charge is 2.19. The van der Waals surface area contributed by atoms with Crippen molar-refractivity contribution in [1.82, 2.24) is 4.98 Å². The number of primary amides is 1. The third-order valence-corrected chi connectivity index (χ3v) is 3.28. The van der Waals surface area contributed by atoms with Crippen LogP contribution in [0.3, 0.4) is 0 Å². The summed E-state index contributed by atoms with van der Waals surface area (Å²) in [5.74, 6) is 0.116. The normalized spacial score (nSPS) is 14.9. The number of amides is 1. The summed E-state index contributed by atoms with van der Waals surface area (Å²) in [7, 11) is 0. The van der Waals surface area contributed by atoms with Crippen LogP contribution in [-0.4, -0.2) is 23.0 Å². The molecule has 0 saturated heterocycles. The topological polar surface area (TPSA) is 94.0 Å². The van der Waals surface area contributed by atoms with Gasteiger partial charge in [0.1, 0.15) is 5.82 Å². The van der Waals surface area contributed by atoms with E-state index in [0.29, 0.717) is 17.9 Å². The molecule has 0 aliphatic heterocycles. The monoisotopic (exact) mass is 262 g/mol. The number of aromatic nitrogens is 1. The highest BCUT2D eigenvalue weighted by atomic mass is 16.1. The number of nitrogens with one attached hydrogen (secondary N) is 1. The maximum atomic E-state index is 11.5. The highest BCUT2D eigenvalue weighted by Crippen LogP contribution is 2.24. The molecule has 0 unspecified atom stereocenters. The summed E-state index contributed by atoms with van der Waals surface area (Å²) in [6.07, 6.45) is 4.24. The maximum Gasteiger partial charge on any atom is 0.252 e. The molecule has 0 atom stereocenters. The highest BCUT2D eigenvalue weighted by molar-refractivity contribution is 5.97. The van der Waals surface area contributed by atoms with Crippen LogP contribution >= 0.6 is 0 Å². The first kappa shape index (κ1) is 13.8. The Bertz CT molecular complexity index is 491. The first-order valence-corrected chi connectivity index (χ1v) is 6.72.